The Morgan fingerprint density at radius 3 is 2.57 bits per heavy atom. The Bertz CT molecular complexity index is 1100. The van der Waals surface area contributed by atoms with Gasteiger partial charge in [0.05, 0.1) is 11.4 Å². The van der Waals surface area contributed by atoms with Gasteiger partial charge in [-0.25, -0.2) is 9.07 Å². The average Bonchev–Trinajstić information content (AvgIpc) is 3.24. The Balaban J connectivity index is 1.52. The summed E-state index contributed by atoms with van der Waals surface area (Å²) in [5.74, 6) is 0.0412. The summed E-state index contributed by atoms with van der Waals surface area (Å²) in [6.45, 7) is 0. The van der Waals surface area contributed by atoms with Crippen molar-refractivity contribution in [2.45, 2.75) is 0 Å². The molecule has 0 saturated heterocycles. The number of nitrogens with zero attached hydrogens (tertiary/aromatic N) is 4. The van der Waals surface area contributed by atoms with Gasteiger partial charge in [-0.15, -0.1) is 5.10 Å². The van der Waals surface area contributed by atoms with Gasteiger partial charge in [0, 0.05) is 11.6 Å². The number of amides is 1. The van der Waals surface area contributed by atoms with Crippen LogP contribution in [0.15, 0.2) is 79.1 Å². The summed E-state index contributed by atoms with van der Waals surface area (Å²) < 4.78 is 20.6. The van der Waals surface area contributed by atoms with E-state index in [1.165, 1.54) is 23.1 Å². The third-order valence-electron chi connectivity index (χ3n) is 3.90. The van der Waals surface area contributed by atoms with Crippen LogP contribution in [0.5, 0.6) is 11.5 Å². The van der Waals surface area contributed by atoms with Crippen LogP contribution in [0.2, 0.25) is 0 Å². The fourth-order valence-electron chi connectivity index (χ4n) is 2.56. The lowest BCUT2D eigenvalue weighted by molar-refractivity contribution is 0.102. The summed E-state index contributed by atoms with van der Waals surface area (Å²) in [5, 5.41) is 13.8. The van der Waals surface area contributed by atoms with Gasteiger partial charge in [-0.3, -0.25) is 4.79 Å². The van der Waals surface area contributed by atoms with Gasteiger partial charge in [-0.1, -0.05) is 18.2 Å². The summed E-state index contributed by atoms with van der Waals surface area (Å²) in [6, 6.07) is 19.6. The normalized spacial score (nSPS) is 10.5. The Morgan fingerprint density at radius 2 is 1.82 bits per heavy atom. The van der Waals surface area contributed by atoms with E-state index in [2.05, 4.69) is 20.8 Å². The molecule has 0 saturated carbocycles. The monoisotopic (exact) mass is 375 g/mol. The summed E-state index contributed by atoms with van der Waals surface area (Å²) in [4.78, 5) is 12.6. The van der Waals surface area contributed by atoms with Crippen LogP contribution >= 0.6 is 0 Å². The number of halogens is 1. The number of para-hydroxylation sites is 2. The average molecular weight is 375 g/mol. The molecule has 0 fully saturated rings. The van der Waals surface area contributed by atoms with Crippen LogP contribution in [0, 0.1) is 5.82 Å². The maximum Gasteiger partial charge on any atom is 0.255 e. The molecule has 3 aromatic carbocycles. The van der Waals surface area contributed by atoms with E-state index in [-0.39, 0.29) is 5.91 Å². The zero-order valence-electron chi connectivity index (χ0n) is 14.5. The molecule has 1 N–H and O–H groups in total. The fraction of sp³-hybridized carbons (Fsp3) is 0. The molecule has 0 aliphatic carbocycles. The molecule has 0 aliphatic heterocycles. The number of benzene rings is 3. The van der Waals surface area contributed by atoms with Gasteiger partial charge in [-0.05, 0) is 59.0 Å². The molecule has 28 heavy (non-hydrogen) atoms. The van der Waals surface area contributed by atoms with Crippen molar-refractivity contribution in [1.29, 1.82) is 0 Å². The quantitative estimate of drug-likeness (QED) is 0.573. The number of aromatic nitrogens is 4. The molecule has 1 aromatic heterocycles. The first-order valence-electron chi connectivity index (χ1n) is 8.36. The summed E-state index contributed by atoms with van der Waals surface area (Å²) in [7, 11) is 0. The van der Waals surface area contributed by atoms with Crippen molar-refractivity contribution in [3.05, 3.63) is 90.5 Å². The van der Waals surface area contributed by atoms with E-state index >= 15 is 0 Å². The standard InChI is InChI=1S/C20H14FN5O2/c21-15-4-3-5-17(12-15)28-19-7-2-1-6-18(19)23-20(27)14-8-10-16(11-9-14)26-13-22-24-25-26/h1-13H,(H,23,27). The first kappa shape index (κ1) is 17.3. The number of nitrogens with one attached hydrogen (secondary N) is 1. The number of ether oxygens (including phenoxy) is 1. The topological polar surface area (TPSA) is 81.9 Å². The predicted molar refractivity (Wildman–Crippen MR) is 100 cm³/mol. The summed E-state index contributed by atoms with van der Waals surface area (Å²) in [6.07, 6.45) is 1.47. The van der Waals surface area contributed by atoms with Crippen LogP contribution in [-0.2, 0) is 0 Å². The second-order valence-electron chi connectivity index (χ2n) is 5.81. The second-order valence-corrected chi connectivity index (χ2v) is 5.81. The van der Waals surface area contributed by atoms with Crippen molar-refractivity contribution >= 4 is 11.6 Å². The smallest absolute Gasteiger partial charge is 0.255 e. The largest absolute Gasteiger partial charge is 0.455 e. The van der Waals surface area contributed by atoms with Crippen LogP contribution in [-0.4, -0.2) is 26.1 Å². The van der Waals surface area contributed by atoms with Crippen molar-refractivity contribution in [3.63, 3.8) is 0 Å². The number of hydrogen-bond acceptors (Lipinski definition) is 5. The van der Waals surface area contributed by atoms with E-state index in [4.69, 9.17) is 4.74 Å². The molecule has 1 heterocycles. The molecule has 138 valence electrons. The first-order valence-corrected chi connectivity index (χ1v) is 8.36. The van der Waals surface area contributed by atoms with Crippen LogP contribution in [0.4, 0.5) is 10.1 Å². The molecular formula is C20H14FN5O2. The van der Waals surface area contributed by atoms with E-state index in [9.17, 15) is 9.18 Å². The van der Waals surface area contributed by atoms with Crippen molar-refractivity contribution in [2.24, 2.45) is 0 Å². The summed E-state index contributed by atoms with van der Waals surface area (Å²) >= 11 is 0. The maximum atomic E-state index is 13.4. The van der Waals surface area contributed by atoms with Gasteiger partial charge in [0.25, 0.3) is 5.91 Å². The molecule has 0 bridgehead atoms. The fourth-order valence-corrected chi connectivity index (χ4v) is 2.56. The van der Waals surface area contributed by atoms with E-state index in [0.29, 0.717) is 22.7 Å². The van der Waals surface area contributed by atoms with Gasteiger partial charge in [0.15, 0.2) is 5.75 Å². The van der Waals surface area contributed by atoms with Crippen LogP contribution < -0.4 is 10.1 Å². The number of rotatable bonds is 5. The maximum absolute atomic E-state index is 13.4. The van der Waals surface area contributed by atoms with Gasteiger partial charge in [0.1, 0.15) is 17.9 Å². The Kier molecular flexibility index (Phi) is 4.75. The number of carbonyl (C=O) groups excluding carboxylic acids is 1. The molecule has 1 amide bonds. The molecule has 7 nitrogen and oxygen atoms in total. The highest BCUT2D eigenvalue weighted by atomic mass is 19.1. The van der Waals surface area contributed by atoms with E-state index in [1.54, 1.807) is 60.7 Å². The molecule has 0 spiro atoms. The Hall–Kier alpha value is -4.07. The third kappa shape index (κ3) is 3.85. The van der Waals surface area contributed by atoms with Crippen LogP contribution in [0.3, 0.4) is 0 Å². The number of tetrazole rings is 1. The van der Waals surface area contributed by atoms with E-state index in [1.807, 2.05) is 0 Å². The molecular weight excluding hydrogens is 361 g/mol. The molecule has 0 atom stereocenters. The van der Waals surface area contributed by atoms with E-state index < -0.39 is 5.82 Å². The number of carbonyl (C=O) groups is 1. The van der Waals surface area contributed by atoms with Crippen molar-refractivity contribution < 1.29 is 13.9 Å². The lowest BCUT2D eigenvalue weighted by atomic mass is 10.2. The van der Waals surface area contributed by atoms with Gasteiger partial charge in [-0.2, -0.15) is 0 Å². The molecule has 0 radical (unpaired) electrons. The minimum atomic E-state index is -0.401. The van der Waals surface area contributed by atoms with Crippen molar-refractivity contribution in [1.82, 2.24) is 20.2 Å². The Labute approximate surface area is 159 Å². The lowest BCUT2D eigenvalue weighted by Gasteiger charge is -2.12. The van der Waals surface area contributed by atoms with Crippen molar-refractivity contribution in [3.8, 4) is 17.2 Å². The zero-order chi connectivity index (χ0) is 19.3. The molecule has 8 heteroatoms. The third-order valence-corrected chi connectivity index (χ3v) is 3.90. The Morgan fingerprint density at radius 1 is 1.00 bits per heavy atom. The lowest BCUT2D eigenvalue weighted by Crippen LogP contribution is -2.12. The van der Waals surface area contributed by atoms with Gasteiger partial charge in [0.2, 0.25) is 0 Å². The molecule has 0 unspecified atom stereocenters. The highest BCUT2D eigenvalue weighted by molar-refractivity contribution is 6.05. The van der Waals surface area contributed by atoms with Crippen LogP contribution in [0.1, 0.15) is 10.4 Å². The second kappa shape index (κ2) is 7.67. The highest BCUT2D eigenvalue weighted by Gasteiger charge is 2.11. The van der Waals surface area contributed by atoms with E-state index in [0.717, 1.165) is 5.69 Å². The van der Waals surface area contributed by atoms with Gasteiger partial charge < -0.3 is 10.1 Å². The molecule has 4 rings (SSSR count). The molecule has 0 aliphatic rings. The first-order chi connectivity index (χ1) is 13.7. The number of hydrogen-bond donors (Lipinski definition) is 1. The molecule has 4 aromatic rings. The summed E-state index contributed by atoms with van der Waals surface area (Å²) in [5.41, 5.74) is 1.66. The minimum absolute atomic E-state index is 0.307. The van der Waals surface area contributed by atoms with Crippen molar-refractivity contribution in [2.75, 3.05) is 5.32 Å². The van der Waals surface area contributed by atoms with Gasteiger partial charge >= 0.3 is 0 Å². The highest BCUT2D eigenvalue weighted by Crippen LogP contribution is 2.30. The number of anilines is 1. The SMILES string of the molecule is O=C(Nc1ccccc1Oc1cccc(F)c1)c1ccc(-n2cnnn2)cc1. The minimum Gasteiger partial charge on any atom is -0.455 e. The predicted octanol–water partition coefficient (Wildman–Crippen LogP) is 3.85. The zero-order valence-corrected chi connectivity index (χ0v) is 14.5. The van der Waals surface area contributed by atoms with Crippen LogP contribution in [0.25, 0.3) is 5.69 Å².